The number of carbonyl (C=O) groups excluding carboxylic acids is 1. The molecule has 2 saturated heterocycles. The van der Waals surface area contributed by atoms with Crippen molar-refractivity contribution in [1.82, 2.24) is 14.9 Å². The van der Waals surface area contributed by atoms with Gasteiger partial charge in [-0.3, -0.25) is 4.79 Å². The molecule has 0 aliphatic carbocycles. The lowest BCUT2D eigenvalue weighted by Gasteiger charge is -2.31. The highest BCUT2D eigenvalue weighted by Gasteiger charge is 2.33. The Hall–Kier alpha value is -1.84. The number of rotatable bonds is 6. The van der Waals surface area contributed by atoms with Crippen molar-refractivity contribution >= 4 is 15.9 Å². The van der Waals surface area contributed by atoms with Crippen LogP contribution in [0.3, 0.4) is 0 Å². The van der Waals surface area contributed by atoms with Gasteiger partial charge in [-0.15, -0.1) is 0 Å². The summed E-state index contributed by atoms with van der Waals surface area (Å²) in [5.74, 6) is 0.751. The second-order valence-electron chi connectivity index (χ2n) is 6.89. The molecule has 9 heteroatoms. The number of carbonyl (C=O) groups is 1. The Balaban J connectivity index is 1.63. The van der Waals surface area contributed by atoms with Gasteiger partial charge in [0.25, 0.3) is 0 Å². The molecule has 2 fully saturated rings. The zero-order valence-electron chi connectivity index (χ0n) is 15.7. The third-order valence-corrected chi connectivity index (χ3v) is 7.12. The molecular formula is C18H27N3O5S. The van der Waals surface area contributed by atoms with Gasteiger partial charge in [0.15, 0.2) is 11.5 Å². The van der Waals surface area contributed by atoms with Gasteiger partial charge in [0.1, 0.15) is 0 Å². The maximum Gasteiger partial charge on any atom is 0.243 e. The SMILES string of the molecule is COc1ccc(S(=O)(=O)N2CCC(C(=O)NC3CCNC3)CC2)cc1OC. The summed E-state index contributed by atoms with van der Waals surface area (Å²) in [4.78, 5) is 12.6. The zero-order valence-corrected chi connectivity index (χ0v) is 16.5. The molecule has 1 aromatic carbocycles. The van der Waals surface area contributed by atoms with Gasteiger partial charge in [-0.05, 0) is 37.9 Å². The summed E-state index contributed by atoms with van der Waals surface area (Å²) >= 11 is 0. The molecule has 1 aromatic rings. The third-order valence-electron chi connectivity index (χ3n) is 5.22. The monoisotopic (exact) mass is 397 g/mol. The molecule has 2 aliphatic heterocycles. The average Bonchev–Trinajstić information content (AvgIpc) is 3.20. The molecule has 150 valence electrons. The highest BCUT2D eigenvalue weighted by molar-refractivity contribution is 7.89. The van der Waals surface area contributed by atoms with Crippen LogP contribution in [-0.4, -0.2) is 65.1 Å². The summed E-state index contributed by atoms with van der Waals surface area (Å²) in [5, 5.41) is 6.28. The number of amides is 1. The lowest BCUT2D eigenvalue weighted by Crippen LogP contribution is -2.45. The Kier molecular flexibility index (Phi) is 6.23. The molecule has 0 aromatic heterocycles. The number of hydrogen-bond acceptors (Lipinski definition) is 6. The average molecular weight is 397 g/mol. The van der Waals surface area contributed by atoms with E-state index in [-0.39, 0.29) is 22.8 Å². The Morgan fingerprint density at radius 2 is 1.85 bits per heavy atom. The molecule has 0 bridgehead atoms. The number of benzene rings is 1. The lowest BCUT2D eigenvalue weighted by molar-refractivity contribution is -0.126. The molecule has 2 N–H and O–H groups in total. The van der Waals surface area contributed by atoms with Crippen molar-refractivity contribution < 1.29 is 22.7 Å². The van der Waals surface area contributed by atoms with E-state index in [0.29, 0.717) is 37.4 Å². The van der Waals surface area contributed by atoms with Crippen molar-refractivity contribution in [2.75, 3.05) is 40.4 Å². The summed E-state index contributed by atoms with van der Waals surface area (Å²) in [6.45, 7) is 2.39. The Bertz CT molecular complexity index is 769. The maximum absolute atomic E-state index is 12.9. The molecule has 1 unspecified atom stereocenters. The van der Waals surface area contributed by atoms with Gasteiger partial charge in [0, 0.05) is 37.7 Å². The van der Waals surface area contributed by atoms with Crippen LogP contribution in [-0.2, 0) is 14.8 Å². The number of ether oxygens (including phenoxy) is 2. The quantitative estimate of drug-likeness (QED) is 0.729. The highest BCUT2D eigenvalue weighted by atomic mass is 32.2. The highest BCUT2D eigenvalue weighted by Crippen LogP contribution is 2.32. The minimum Gasteiger partial charge on any atom is -0.493 e. The minimum atomic E-state index is -3.64. The Morgan fingerprint density at radius 1 is 1.15 bits per heavy atom. The van der Waals surface area contributed by atoms with Crippen LogP contribution >= 0.6 is 0 Å². The van der Waals surface area contributed by atoms with Crippen LogP contribution in [0, 0.1) is 5.92 Å². The van der Waals surface area contributed by atoms with E-state index in [2.05, 4.69) is 10.6 Å². The first-order chi connectivity index (χ1) is 13.0. The van der Waals surface area contributed by atoms with Crippen LogP contribution < -0.4 is 20.1 Å². The van der Waals surface area contributed by atoms with E-state index in [1.165, 1.54) is 30.7 Å². The summed E-state index contributed by atoms with van der Waals surface area (Å²) in [6.07, 6.45) is 2.00. The fourth-order valence-electron chi connectivity index (χ4n) is 3.58. The van der Waals surface area contributed by atoms with Crippen LogP contribution in [0.25, 0.3) is 0 Å². The van der Waals surface area contributed by atoms with E-state index in [9.17, 15) is 13.2 Å². The summed E-state index contributed by atoms with van der Waals surface area (Å²) in [6, 6.07) is 4.76. The molecule has 2 aliphatic rings. The molecule has 1 atom stereocenters. The molecule has 3 rings (SSSR count). The first-order valence-corrected chi connectivity index (χ1v) is 10.6. The summed E-state index contributed by atoms with van der Waals surface area (Å²) < 4.78 is 37.7. The molecule has 8 nitrogen and oxygen atoms in total. The molecule has 0 spiro atoms. The third kappa shape index (κ3) is 4.36. The van der Waals surface area contributed by atoms with Gasteiger partial charge in [-0.1, -0.05) is 0 Å². The smallest absolute Gasteiger partial charge is 0.243 e. The predicted octanol–water partition coefficient (Wildman–Crippen LogP) is 0.583. The molecule has 27 heavy (non-hydrogen) atoms. The van der Waals surface area contributed by atoms with Crippen molar-refractivity contribution in [1.29, 1.82) is 0 Å². The molecule has 2 heterocycles. The zero-order chi connectivity index (χ0) is 19.4. The van der Waals surface area contributed by atoms with E-state index in [1.54, 1.807) is 6.07 Å². The van der Waals surface area contributed by atoms with Crippen LogP contribution in [0.5, 0.6) is 11.5 Å². The van der Waals surface area contributed by atoms with Crippen molar-refractivity contribution in [3.63, 3.8) is 0 Å². The van der Waals surface area contributed by atoms with Crippen molar-refractivity contribution in [3.8, 4) is 11.5 Å². The van der Waals surface area contributed by atoms with E-state index in [0.717, 1.165) is 19.5 Å². The van der Waals surface area contributed by atoms with Crippen molar-refractivity contribution in [2.24, 2.45) is 5.92 Å². The first-order valence-electron chi connectivity index (χ1n) is 9.19. The maximum atomic E-state index is 12.9. The van der Waals surface area contributed by atoms with Gasteiger partial charge in [-0.25, -0.2) is 8.42 Å². The molecular weight excluding hydrogens is 370 g/mol. The van der Waals surface area contributed by atoms with Crippen molar-refractivity contribution in [2.45, 2.75) is 30.2 Å². The minimum absolute atomic E-state index is 0.0341. The van der Waals surface area contributed by atoms with Gasteiger partial charge in [-0.2, -0.15) is 4.31 Å². The Morgan fingerprint density at radius 3 is 2.44 bits per heavy atom. The fourth-order valence-corrected chi connectivity index (χ4v) is 5.07. The predicted molar refractivity (Wildman–Crippen MR) is 100 cm³/mol. The molecule has 1 amide bonds. The topological polar surface area (TPSA) is 97.0 Å². The standard InChI is InChI=1S/C18H27N3O5S/c1-25-16-4-3-15(11-17(16)26-2)27(23,24)21-9-6-13(7-10-21)18(22)20-14-5-8-19-12-14/h3-4,11,13-14,19H,5-10,12H2,1-2H3,(H,20,22). The Labute approximate surface area is 160 Å². The van der Waals surface area contributed by atoms with Gasteiger partial charge < -0.3 is 20.1 Å². The van der Waals surface area contributed by atoms with Gasteiger partial charge >= 0.3 is 0 Å². The van der Waals surface area contributed by atoms with Crippen molar-refractivity contribution in [3.05, 3.63) is 18.2 Å². The summed E-state index contributed by atoms with van der Waals surface area (Å²) in [7, 11) is -0.661. The van der Waals surface area contributed by atoms with Gasteiger partial charge in [0.05, 0.1) is 19.1 Å². The number of sulfonamides is 1. The first kappa shape index (κ1) is 19.9. The second kappa shape index (κ2) is 8.45. The van der Waals surface area contributed by atoms with E-state index in [4.69, 9.17) is 9.47 Å². The second-order valence-corrected chi connectivity index (χ2v) is 8.83. The molecule has 0 saturated carbocycles. The van der Waals surface area contributed by atoms with Crippen LogP contribution in [0.1, 0.15) is 19.3 Å². The number of methoxy groups -OCH3 is 2. The number of piperidine rings is 1. The number of nitrogens with zero attached hydrogens (tertiary/aromatic N) is 1. The number of nitrogens with one attached hydrogen (secondary N) is 2. The number of hydrogen-bond donors (Lipinski definition) is 2. The largest absolute Gasteiger partial charge is 0.493 e. The van der Waals surface area contributed by atoms with Crippen LogP contribution in [0.15, 0.2) is 23.1 Å². The van der Waals surface area contributed by atoms with E-state index in [1.807, 2.05) is 0 Å². The van der Waals surface area contributed by atoms with E-state index >= 15 is 0 Å². The summed E-state index contributed by atoms with van der Waals surface area (Å²) in [5.41, 5.74) is 0. The molecule has 0 radical (unpaired) electrons. The fraction of sp³-hybridized carbons (Fsp3) is 0.611. The van der Waals surface area contributed by atoms with Crippen LogP contribution in [0.2, 0.25) is 0 Å². The van der Waals surface area contributed by atoms with Crippen LogP contribution in [0.4, 0.5) is 0 Å². The normalized spacial score (nSPS) is 21.8. The van der Waals surface area contributed by atoms with E-state index < -0.39 is 10.0 Å². The van der Waals surface area contributed by atoms with Gasteiger partial charge in [0.2, 0.25) is 15.9 Å². The lowest BCUT2D eigenvalue weighted by atomic mass is 9.97.